The van der Waals surface area contributed by atoms with Crippen LogP contribution in [0.25, 0.3) is 0 Å². The molecule has 1 aliphatic heterocycles. The Kier molecular flexibility index (Phi) is 5.70. The van der Waals surface area contributed by atoms with Crippen molar-refractivity contribution in [3.8, 4) is 6.07 Å². The minimum atomic E-state index is -0.0462. The van der Waals surface area contributed by atoms with Crippen LogP contribution in [0.1, 0.15) is 24.1 Å². The quantitative estimate of drug-likeness (QED) is 0.829. The molecule has 1 heterocycles. The highest BCUT2D eigenvalue weighted by atomic mass is 35.5. The fourth-order valence-electron chi connectivity index (χ4n) is 3.03. The summed E-state index contributed by atoms with van der Waals surface area (Å²) < 4.78 is 0. The highest BCUT2D eigenvalue weighted by Crippen LogP contribution is 2.31. The molecule has 1 unspecified atom stereocenters. The third-order valence-electron chi connectivity index (χ3n) is 4.41. The van der Waals surface area contributed by atoms with E-state index in [-0.39, 0.29) is 6.04 Å². The highest BCUT2D eigenvalue weighted by molar-refractivity contribution is 6.35. The lowest BCUT2D eigenvalue weighted by Crippen LogP contribution is -2.43. The van der Waals surface area contributed by atoms with E-state index < -0.39 is 0 Å². The van der Waals surface area contributed by atoms with E-state index >= 15 is 0 Å². The molecule has 0 bridgehead atoms. The number of hydrogen-bond donors (Lipinski definition) is 2. The minimum absolute atomic E-state index is 0.0462. The zero-order valence-electron chi connectivity index (χ0n) is 14.0. The first-order chi connectivity index (χ1) is 12.1. The van der Waals surface area contributed by atoms with Gasteiger partial charge >= 0.3 is 0 Å². The molecule has 2 aromatic carbocycles. The summed E-state index contributed by atoms with van der Waals surface area (Å²) in [6.07, 6.45) is 0. The molecule has 2 aromatic rings. The van der Waals surface area contributed by atoms with Gasteiger partial charge < -0.3 is 15.5 Å². The molecule has 0 aliphatic carbocycles. The fourth-order valence-corrected chi connectivity index (χ4v) is 3.60. The van der Waals surface area contributed by atoms with Crippen molar-refractivity contribution in [1.82, 2.24) is 5.32 Å². The first-order valence-electron chi connectivity index (χ1n) is 8.30. The Labute approximate surface area is 158 Å². The Morgan fingerprint density at radius 3 is 2.60 bits per heavy atom. The van der Waals surface area contributed by atoms with E-state index in [9.17, 15) is 5.26 Å². The summed E-state index contributed by atoms with van der Waals surface area (Å²) in [5, 5.41) is 17.4. The number of benzene rings is 2. The predicted octanol–water partition coefficient (Wildman–Crippen LogP) is 4.45. The molecule has 1 saturated heterocycles. The lowest BCUT2D eigenvalue weighted by molar-refractivity contribution is 0.589. The summed E-state index contributed by atoms with van der Waals surface area (Å²) in [6, 6.07) is 13.6. The van der Waals surface area contributed by atoms with Crippen LogP contribution in [-0.4, -0.2) is 26.2 Å². The summed E-state index contributed by atoms with van der Waals surface area (Å²) in [5.74, 6) is 0. The van der Waals surface area contributed by atoms with E-state index in [1.165, 1.54) is 0 Å². The molecule has 0 saturated carbocycles. The zero-order valence-corrected chi connectivity index (χ0v) is 15.5. The number of halogens is 2. The summed E-state index contributed by atoms with van der Waals surface area (Å²) in [4.78, 5) is 2.32. The second-order valence-electron chi connectivity index (χ2n) is 6.11. The summed E-state index contributed by atoms with van der Waals surface area (Å²) in [7, 11) is 0. The van der Waals surface area contributed by atoms with E-state index in [4.69, 9.17) is 23.2 Å². The molecule has 0 spiro atoms. The van der Waals surface area contributed by atoms with E-state index in [1.807, 2.05) is 37.3 Å². The first-order valence-corrected chi connectivity index (χ1v) is 9.05. The van der Waals surface area contributed by atoms with Crippen molar-refractivity contribution in [2.75, 3.05) is 36.4 Å². The van der Waals surface area contributed by atoms with E-state index in [2.05, 4.69) is 21.6 Å². The average molecular weight is 375 g/mol. The van der Waals surface area contributed by atoms with Crippen LogP contribution in [0, 0.1) is 11.3 Å². The van der Waals surface area contributed by atoms with E-state index in [0.29, 0.717) is 15.6 Å². The van der Waals surface area contributed by atoms with Gasteiger partial charge in [0.15, 0.2) is 0 Å². The number of hydrogen-bond acceptors (Lipinski definition) is 4. The molecule has 0 radical (unpaired) electrons. The van der Waals surface area contributed by atoms with Gasteiger partial charge in [0.1, 0.15) is 6.07 Å². The normalized spacial score (nSPS) is 15.5. The number of nitrogens with one attached hydrogen (secondary N) is 2. The van der Waals surface area contributed by atoms with Gasteiger partial charge in [-0.05, 0) is 42.8 Å². The van der Waals surface area contributed by atoms with Crippen molar-refractivity contribution in [1.29, 1.82) is 5.26 Å². The molecule has 3 rings (SSSR count). The third-order valence-corrected chi connectivity index (χ3v) is 4.97. The van der Waals surface area contributed by atoms with E-state index in [0.717, 1.165) is 43.1 Å². The minimum Gasteiger partial charge on any atom is -0.377 e. The monoisotopic (exact) mass is 374 g/mol. The van der Waals surface area contributed by atoms with Crippen LogP contribution >= 0.6 is 23.2 Å². The SMILES string of the molecule is CC(Nc1cc(N2CCNCC2)ccc1C#N)c1ccc(Cl)cc1Cl. The van der Waals surface area contributed by atoms with Crippen molar-refractivity contribution in [3.05, 3.63) is 57.6 Å². The maximum absolute atomic E-state index is 9.44. The van der Waals surface area contributed by atoms with Gasteiger partial charge in [-0.3, -0.25) is 0 Å². The Balaban J connectivity index is 1.86. The summed E-state index contributed by atoms with van der Waals surface area (Å²) >= 11 is 12.3. The van der Waals surface area contributed by atoms with Crippen molar-refractivity contribution in [2.24, 2.45) is 0 Å². The molecule has 130 valence electrons. The van der Waals surface area contributed by atoms with Gasteiger partial charge in [-0.1, -0.05) is 29.3 Å². The predicted molar refractivity (Wildman–Crippen MR) is 105 cm³/mol. The van der Waals surface area contributed by atoms with Crippen molar-refractivity contribution < 1.29 is 0 Å². The van der Waals surface area contributed by atoms with Gasteiger partial charge in [0.05, 0.1) is 17.3 Å². The largest absolute Gasteiger partial charge is 0.377 e. The molecule has 6 heteroatoms. The fraction of sp³-hybridized carbons (Fsp3) is 0.316. The van der Waals surface area contributed by atoms with Crippen molar-refractivity contribution in [2.45, 2.75) is 13.0 Å². The molecule has 1 fully saturated rings. The maximum atomic E-state index is 9.44. The molecular weight excluding hydrogens is 355 g/mol. The standard InChI is InChI=1S/C19H20Cl2N4/c1-13(17-5-3-15(20)10-18(17)21)24-19-11-16(4-2-14(19)12-22)25-8-6-23-7-9-25/h2-5,10-11,13,23-24H,6-9H2,1H3. The van der Waals surface area contributed by atoms with Crippen LogP contribution in [0.5, 0.6) is 0 Å². The van der Waals surface area contributed by atoms with E-state index in [1.54, 1.807) is 6.07 Å². The molecule has 0 aromatic heterocycles. The first kappa shape index (κ1) is 17.9. The Bertz CT molecular complexity index is 794. The topological polar surface area (TPSA) is 51.1 Å². The number of rotatable bonds is 4. The number of anilines is 2. The summed E-state index contributed by atoms with van der Waals surface area (Å²) in [5.41, 5.74) is 3.51. The molecule has 0 amide bonds. The molecular formula is C19H20Cl2N4. The van der Waals surface area contributed by atoms with Crippen LogP contribution < -0.4 is 15.5 Å². The van der Waals surface area contributed by atoms with Crippen LogP contribution in [-0.2, 0) is 0 Å². The molecule has 4 nitrogen and oxygen atoms in total. The molecule has 25 heavy (non-hydrogen) atoms. The smallest absolute Gasteiger partial charge is 0.101 e. The Hall–Kier alpha value is -1.93. The van der Waals surface area contributed by atoms with Crippen LogP contribution in [0.15, 0.2) is 36.4 Å². The van der Waals surface area contributed by atoms with Gasteiger partial charge in [-0.15, -0.1) is 0 Å². The van der Waals surface area contributed by atoms with Crippen molar-refractivity contribution in [3.63, 3.8) is 0 Å². The molecule has 1 aliphatic rings. The zero-order chi connectivity index (χ0) is 17.8. The van der Waals surface area contributed by atoms with Crippen LogP contribution in [0.4, 0.5) is 11.4 Å². The van der Waals surface area contributed by atoms with Gasteiger partial charge in [0.25, 0.3) is 0 Å². The lowest BCUT2D eigenvalue weighted by atomic mass is 10.1. The second kappa shape index (κ2) is 7.97. The third kappa shape index (κ3) is 4.19. The Morgan fingerprint density at radius 2 is 1.92 bits per heavy atom. The van der Waals surface area contributed by atoms with Gasteiger partial charge in [-0.2, -0.15) is 5.26 Å². The number of piperazine rings is 1. The van der Waals surface area contributed by atoms with Crippen LogP contribution in [0.3, 0.4) is 0 Å². The molecule has 1 atom stereocenters. The Morgan fingerprint density at radius 1 is 1.16 bits per heavy atom. The van der Waals surface area contributed by atoms with Gasteiger partial charge in [0.2, 0.25) is 0 Å². The summed E-state index contributed by atoms with van der Waals surface area (Å²) in [6.45, 7) is 5.89. The lowest BCUT2D eigenvalue weighted by Gasteiger charge is -2.30. The average Bonchev–Trinajstić information content (AvgIpc) is 2.62. The van der Waals surface area contributed by atoms with Crippen LogP contribution in [0.2, 0.25) is 10.0 Å². The van der Waals surface area contributed by atoms with Gasteiger partial charge in [-0.25, -0.2) is 0 Å². The van der Waals surface area contributed by atoms with Gasteiger partial charge in [0, 0.05) is 41.9 Å². The molecule has 2 N–H and O–H groups in total. The highest BCUT2D eigenvalue weighted by Gasteiger charge is 2.15. The maximum Gasteiger partial charge on any atom is 0.101 e. The second-order valence-corrected chi connectivity index (χ2v) is 6.95. The number of nitriles is 1. The number of nitrogens with zero attached hydrogens (tertiary/aromatic N) is 2. The van der Waals surface area contributed by atoms with Crippen molar-refractivity contribution >= 4 is 34.6 Å².